The maximum atomic E-state index is 13.8. The van der Waals surface area contributed by atoms with Crippen LogP contribution in [0.5, 0.6) is 0 Å². The smallest absolute Gasteiger partial charge is 0.143 e. The van der Waals surface area contributed by atoms with E-state index in [9.17, 15) is 8.78 Å². The van der Waals surface area contributed by atoms with E-state index in [-0.39, 0.29) is 17.0 Å². The SMILES string of the molecule is CNC(Cc1c(F)ccc(Br)c1F)C(C)(C)C. The van der Waals surface area contributed by atoms with Gasteiger partial charge in [-0.3, -0.25) is 0 Å². The monoisotopic (exact) mass is 305 g/mol. The summed E-state index contributed by atoms with van der Waals surface area (Å²) in [7, 11) is 1.81. The Labute approximate surface area is 110 Å². The van der Waals surface area contributed by atoms with E-state index < -0.39 is 11.6 Å². The molecule has 1 atom stereocenters. The Hall–Kier alpha value is -0.480. The molecule has 4 heteroatoms. The van der Waals surface area contributed by atoms with E-state index in [1.807, 2.05) is 27.8 Å². The van der Waals surface area contributed by atoms with Gasteiger partial charge in [-0.15, -0.1) is 0 Å². The molecule has 0 aliphatic carbocycles. The summed E-state index contributed by atoms with van der Waals surface area (Å²) in [5.41, 5.74) is 0.0734. The van der Waals surface area contributed by atoms with E-state index in [2.05, 4.69) is 21.2 Å². The molecule has 1 rings (SSSR count). The van der Waals surface area contributed by atoms with Gasteiger partial charge in [0.05, 0.1) is 4.47 Å². The zero-order valence-corrected chi connectivity index (χ0v) is 12.2. The second-order valence-corrected chi connectivity index (χ2v) is 6.09. The Bertz CT molecular complexity index is 399. The predicted octanol–water partition coefficient (Wildman–Crippen LogP) is 3.90. The number of benzene rings is 1. The molecule has 0 aliphatic heterocycles. The molecular weight excluding hydrogens is 288 g/mol. The number of hydrogen-bond acceptors (Lipinski definition) is 1. The van der Waals surface area contributed by atoms with E-state index >= 15 is 0 Å². The first-order chi connectivity index (χ1) is 7.77. The van der Waals surface area contributed by atoms with E-state index in [1.165, 1.54) is 12.1 Å². The summed E-state index contributed by atoms with van der Waals surface area (Å²) in [5.74, 6) is -0.996. The van der Waals surface area contributed by atoms with Crippen LogP contribution in [0.3, 0.4) is 0 Å². The van der Waals surface area contributed by atoms with Gasteiger partial charge >= 0.3 is 0 Å². The lowest BCUT2D eigenvalue weighted by Crippen LogP contribution is -2.40. The number of likely N-dealkylation sites (N-methyl/N-ethyl adjacent to an activating group) is 1. The second-order valence-electron chi connectivity index (χ2n) is 5.23. The van der Waals surface area contributed by atoms with Crippen LogP contribution in [-0.4, -0.2) is 13.1 Å². The minimum Gasteiger partial charge on any atom is -0.316 e. The number of halogens is 3. The molecule has 17 heavy (non-hydrogen) atoms. The van der Waals surface area contributed by atoms with Crippen molar-refractivity contribution in [2.45, 2.75) is 33.2 Å². The lowest BCUT2D eigenvalue weighted by Gasteiger charge is -2.30. The standard InChI is InChI=1S/C13H18BrF2N/c1-13(2,3)11(17-4)7-8-10(15)6-5-9(14)12(8)16/h5-6,11,17H,7H2,1-4H3. The molecule has 0 aromatic heterocycles. The molecule has 0 aliphatic rings. The highest BCUT2D eigenvalue weighted by Crippen LogP contribution is 2.27. The number of rotatable bonds is 3. The summed E-state index contributed by atoms with van der Waals surface area (Å²) in [5, 5.41) is 3.12. The van der Waals surface area contributed by atoms with Gasteiger partial charge in [0, 0.05) is 11.6 Å². The second kappa shape index (κ2) is 5.44. The molecule has 0 amide bonds. The van der Waals surface area contributed by atoms with Gasteiger partial charge in [0.1, 0.15) is 11.6 Å². The molecule has 1 N–H and O–H groups in total. The van der Waals surface area contributed by atoms with Crippen molar-refractivity contribution in [1.29, 1.82) is 0 Å². The largest absolute Gasteiger partial charge is 0.316 e. The quantitative estimate of drug-likeness (QED) is 0.835. The van der Waals surface area contributed by atoms with Crippen LogP contribution in [0.4, 0.5) is 8.78 Å². The average molecular weight is 306 g/mol. The fraction of sp³-hybridized carbons (Fsp3) is 0.538. The Morgan fingerprint density at radius 2 is 1.88 bits per heavy atom. The van der Waals surface area contributed by atoms with Gasteiger partial charge in [-0.05, 0) is 46.9 Å². The fourth-order valence-electron chi connectivity index (χ4n) is 1.80. The van der Waals surface area contributed by atoms with Crippen molar-refractivity contribution in [3.05, 3.63) is 33.8 Å². The average Bonchev–Trinajstić information content (AvgIpc) is 2.22. The van der Waals surface area contributed by atoms with Crippen LogP contribution in [0.2, 0.25) is 0 Å². The van der Waals surface area contributed by atoms with Crippen LogP contribution in [-0.2, 0) is 6.42 Å². The number of hydrogen-bond donors (Lipinski definition) is 1. The highest BCUT2D eigenvalue weighted by Gasteiger charge is 2.26. The molecule has 1 aromatic carbocycles. The number of nitrogens with one attached hydrogen (secondary N) is 1. The normalized spacial score (nSPS) is 13.8. The maximum absolute atomic E-state index is 13.8. The molecular formula is C13H18BrF2N. The zero-order chi connectivity index (χ0) is 13.2. The van der Waals surface area contributed by atoms with Gasteiger partial charge in [-0.2, -0.15) is 0 Å². The summed E-state index contributed by atoms with van der Waals surface area (Å²) in [6.07, 6.45) is 0.330. The first kappa shape index (κ1) is 14.6. The van der Waals surface area contributed by atoms with Gasteiger partial charge in [-0.1, -0.05) is 20.8 Å². The first-order valence-electron chi connectivity index (χ1n) is 5.57. The van der Waals surface area contributed by atoms with E-state index in [0.717, 1.165) is 0 Å². The molecule has 1 aromatic rings. The Morgan fingerprint density at radius 1 is 1.29 bits per heavy atom. The minimum absolute atomic E-state index is 0.0146. The molecule has 0 radical (unpaired) electrons. The van der Waals surface area contributed by atoms with Crippen molar-refractivity contribution in [2.75, 3.05) is 7.05 Å². The third kappa shape index (κ3) is 3.49. The van der Waals surface area contributed by atoms with E-state index in [1.54, 1.807) is 0 Å². The van der Waals surface area contributed by atoms with Crippen LogP contribution in [0.25, 0.3) is 0 Å². The minimum atomic E-state index is -0.505. The van der Waals surface area contributed by atoms with Gasteiger partial charge in [0.2, 0.25) is 0 Å². The summed E-state index contributed by atoms with van der Waals surface area (Å²) >= 11 is 3.08. The molecule has 96 valence electrons. The third-order valence-corrected chi connectivity index (χ3v) is 3.55. The van der Waals surface area contributed by atoms with Crippen LogP contribution in [0, 0.1) is 17.0 Å². The van der Waals surface area contributed by atoms with Gasteiger partial charge in [0.15, 0.2) is 0 Å². The van der Waals surface area contributed by atoms with E-state index in [4.69, 9.17) is 0 Å². The highest BCUT2D eigenvalue weighted by atomic mass is 79.9. The maximum Gasteiger partial charge on any atom is 0.143 e. The summed E-state index contributed by atoms with van der Waals surface area (Å²) in [6.45, 7) is 6.13. The van der Waals surface area contributed by atoms with Gasteiger partial charge < -0.3 is 5.32 Å². The molecule has 0 spiro atoms. The van der Waals surface area contributed by atoms with Crippen molar-refractivity contribution in [2.24, 2.45) is 5.41 Å². The molecule has 1 nitrogen and oxygen atoms in total. The van der Waals surface area contributed by atoms with Crippen LogP contribution < -0.4 is 5.32 Å². The molecule has 0 fully saturated rings. The summed E-state index contributed by atoms with van der Waals surface area (Å²) < 4.78 is 27.8. The van der Waals surface area contributed by atoms with Gasteiger partial charge in [0.25, 0.3) is 0 Å². The lowest BCUT2D eigenvalue weighted by atomic mass is 9.83. The van der Waals surface area contributed by atoms with Crippen molar-refractivity contribution in [1.82, 2.24) is 5.32 Å². The van der Waals surface area contributed by atoms with Crippen molar-refractivity contribution in [3.8, 4) is 0 Å². The Kier molecular flexibility index (Phi) is 4.67. The van der Waals surface area contributed by atoms with Crippen LogP contribution >= 0.6 is 15.9 Å². The van der Waals surface area contributed by atoms with Crippen molar-refractivity contribution in [3.63, 3.8) is 0 Å². The zero-order valence-electron chi connectivity index (χ0n) is 10.6. The van der Waals surface area contributed by atoms with Crippen molar-refractivity contribution >= 4 is 15.9 Å². The molecule has 0 heterocycles. The van der Waals surface area contributed by atoms with Crippen LogP contribution in [0.1, 0.15) is 26.3 Å². The van der Waals surface area contributed by atoms with Crippen LogP contribution in [0.15, 0.2) is 16.6 Å². The first-order valence-corrected chi connectivity index (χ1v) is 6.36. The Morgan fingerprint density at radius 3 is 2.35 bits per heavy atom. The van der Waals surface area contributed by atoms with E-state index in [0.29, 0.717) is 10.9 Å². The third-order valence-electron chi connectivity index (χ3n) is 2.94. The molecule has 1 unspecified atom stereocenters. The molecule has 0 saturated carbocycles. The summed E-state index contributed by atoms with van der Waals surface area (Å²) in [6, 6.07) is 2.69. The molecule has 0 saturated heterocycles. The summed E-state index contributed by atoms with van der Waals surface area (Å²) in [4.78, 5) is 0. The van der Waals surface area contributed by atoms with Gasteiger partial charge in [-0.25, -0.2) is 8.78 Å². The topological polar surface area (TPSA) is 12.0 Å². The highest BCUT2D eigenvalue weighted by molar-refractivity contribution is 9.10. The Balaban J connectivity index is 3.06. The molecule has 0 bridgehead atoms. The van der Waals surface area contributed by atoms with Crippen molar-refractivity contribution < 1.29 is 8.78 Å². The lowest BCUT2D eigenvalue weighted by molar-refractivity contribution is 0.275. The fourth-order valence-corrected chi connectivity index (χ4v) is 2.17. The predicted molar refractivity (Wildman–Crippen MR) is 70.1 cm³/mol.